The SMILES string of the molecule is CC(C)(C)Cc1ccnc(C(C)(C)O)c1.[Pt]. The smallest absolute Gasteiger partial charge is 0.101 e. The number of aromatic nitrogens is 1. The molecule has 94 valence electrons. The molecule has 0 unspecified atom stereocenters. The summed E-state index contributed by atoms with van der Waals surface area (Å²) in [5, 5.41) is 9.85. The summed E-state index contributed by atoms with van der Waals surface area (Å²) in [5.41, 5.74) is 1.38. The van der Waals surface area contributed by atoms with Gasteiger partial charge in [0.15, 0.2) is 0 Å². The molecule has 0 aromatic carbocycles. The normalized spacial score (nSPS) is 12.1. The second kappa shape index (κ2) is 5.42. The molecule has 0 saturated carbocycles. The van der Waals surface area contributed by atoms with Crippen molar-refractivity contribution < 1.29 is 26.2 Å². The van der Waals surface area contributed by atoms with E-state index < -0.39 is 5.60 Å². The molecule has 0 saturated heterocycles. The minimum absolute atomic E-state index is 0. The third kappa shape index (κ3) is 5.22. The number of aliphatic hydroxyl groups is 1. The number of hydrogen-bond acceptors (Lipinski definition) is 2. The van der Waals surface area contributed by atoms with Gasteiger partial charge in [0.1, 0.15) is 5.60 Å². The maximum absolute atomic E-state index is 9.85. The van der Waals surface area contributed by atoms with Gasteiger partial charge in [-0.05, 0) is 43.4 Å². The maximum Gasteiger partial charge on any atom is 0.101 e. The Hall–Kier alpha value is -0.202. The van der Waals surface area contributed by atoms with E-state index in [0.717, 1.165) is 12.1 Å². The van der Waals surface area contributed by atoms with E-state index >= 15 is 0 Å². The average Bonchev–Trinajstić information content (AvgIpc) is 1.99. The van der Waals surface area contributed by atoms with Gasteiger partial charge in [-0.3, -0.25) is 4.98 Å². The number of pyridine rings is 1. The molecule has 1 rings (SSSR count). The Kier molecular flexibility index (Phi) is 5.35. The predicted octanol–water partition coefficient (Wildman–Crippen LogP) is 2.90. The monoisotopic (exact) mass is 402 g/mol. The van der Waals surface area contributed by atoms with Gasteiger partial charge in [0.2, 0.25) is 0 Å². The number of hydrogen-bond donors (Lipinski definition) is 1. The van der Waals surface area contributed by atoms with Crippen LogP contribution in [0, 0.1) is 5.41 Å². The van der Waals surface area contributed by atoms with Gasteiger partial charge in [0.25, 0.3) is 0 Å². The van der Waals surface area contributed by atoms with E-state index in [1.807, 2.05) is 12.1 Å². The Balaban J connectivity index is 0.00000225. The molecule has 2 nitrogen and oxygen atoms in total. The third-order valence-electron chi connectivity index (χ3n) is 2.19. The quantitative estimate of drug-likeness (QED) is 0.825. The van der Waals surface area contributed by atoms with E-state index in [2.05, 4.69) is 25.8 Å². The Morgan fingerprint density at radius 3 is 2.19 bits per heavy atom. The van der Waals surface area contributed by atoms with Crippen LogP contribution in [0.4, 0.5) is 0 Å². The molecule has 0 aliphatic carbocycles. The molecule has 0 bridgehead atoms. The molecule has 0 atom stereocenters. The average molecular weight is 402 g/mol. The fourth-order valence-electron chi connectivity index (χ4n) is 1.53. The van der Waals surface area contributed by atoms with E-state index in [9.17, 15) is 5.11 Å². The van der Waals surface area contributed by atoms with E-state index in [4.69, 9.17) is 0 Å². The van der Waals surface area contributed by atoms with E-state index in [-0.39, 0.29) is 26.5 Å². The molecule has 16 heavy (non-hydrogen) atoms. The Bertz CT molecular complexity index is 337. The van der Waals surface area contributed by atoms with Crippen molar-refractivity contribution in [1.82, 2.24) is 4.98 Å². The molecule has 0 amide bonds. The fraction of sp³-hybridized carbons (Fsp3) is 0.615. The van der Waals surface area contributed by atoms with Crippen LogP contribution in [-0.4, -0.2) is 10.1 Å². The zero-order valence-corrected chi connectivity index (χ0v) is 12.9. The van der Waals surface area contributed by atoms with Crippen LogP contribution in [0.2, 0.25) is 0 Å². The van der Waals surface area contributed by atoms with Gasteiger partial charge >= 0.3 is 0 Å². The van der Waals surface area contributed by atoms with Crippen LogP contribution < -0.4 is 0 Å². The third-order valence-corrected chi connectivity index (χ3v) is 2.19. The Labute approximate surface area is 113 Å². The number of nitrogens with zero attached hydrogens (tertiary/aromatic N) is 1. The van der Waals surface area contributed by atoms with Crippen molar-refractivity contribution in [3.63, 3.8) is 0 Å². The van der Waals surface area contributed by atoms with Gasteiger partial charge in [0.05, 0.1) is 5.69 Å². The van der Waals surface area contributed by atoms with Gasteiger partial charge in [-0.15, -0.1) is 0 Å². The van der Waals surface area contributed by atoms with Crippen LogP contribution >= 0.6 is 0 Å². The van der Waals surface area contributed by atoms with Crippen molar-refractivity contribution in [2.45, 2.75) is 46.6 Å². The molecule has 0 spiro atoms. The summed E-state index contributed by atoms with van der Waals surface area (Å²) in [7, 11) is 0. The van der Waals surface area contributed by atoms with Crippen molar-refractivity contribution in [2.75, 3.05) is 0 Å². The molecule has 0 radical (unpaired) electrons. The summed E-state index contributed by atoms with van der Waals surface area (Å²) in [6.45, 7) is 10.1. The van der Waals surface area contributed by atoms with E-state index in [1.165, 1.54) is 5.56 Å². The van der Waals surface area contributed by atoms with E-state index in [1.54, 1.807) is 20.0 Å². The van der Waals surface area contributed by atoms with Gasteiger partial charge in [-0.2, -0.15) is 0 Å². The molecule has 1 heterocycles. The van der Waals surface area contributed by atoms with Crippen molar-refractivity contribution in [3.05, 3.63) is 29.6 Å². The Morgan fingerprint density at radius 2 is 1.75 bits per heavy atom. The molecule has 1 aromatic heterocycles. The summed E-state index contributed by atoms with van der Waals surface area (Å²) in [5.74, 6) is 0. The van der Waals surface area contributed by atoms with Crippen LogP contribution in [0.1, 0.15) is 45.9 Å². The maximum atomic E-state index is 9.85. The fourth-order valence-corrected chi connectivity index (χ4v) is 1.53. The first-order chi connectivity index (χ1) is 6.68. The molecular weight excluding hydrogens is 381 g/mol. The topological polar surface area (TPSA) is 33.1 Å². The summed E-state index contributed by atoms with van der Waals surface area (Å²) >= 11 is 0. The minimum atomic E-state index is -0.853. The first-order valence-corrected chi connectivity index (χ1v) is 5.36. The Morgan fingerprint density at radius 1 is 1.19 bits per heavy atom. The number of rotatable bonds is 2. The molecule has 0 aliphatic heterocycles. The van der Waals surface area contributed by atoms with Gasteiger partial charge in [-0.25, -0.2) is 0 Å². The van der Waals surface area contributed by atoms with E-state index in [0.29, 0.717) is 0 Å². The standard InChI is InChI=1S/C13H21NO.Pt/c1-12(2,3)9-10-6-7-14-11(8-10)13(4,5)15;/h6-8,15H,9H2,1-5H3;. The molecule has 3 heteroatoms. The van der Waals surface area contributed by atoms with Gasteiger partial charge in [0, 0.05) is 27.3 Å². The van der Waals surface area contributed by atoms with Crippen molar-refractivity contribution in [2.24, 2.45) is 5.41 Å². The molecule has 1 aromatic rings. The minimum Gasteiger partial charge on any atom is -0.384 e. The van der Waals surface area contributed by atoms with Crippen LogP contribution in [0.5, 0.6) is 0 Å². The van der Waals surface area contributed by atoms with Crippen LogP contribution in [0.3, 0.4) is 0 Å². The van der Waals surface area contributed by atoms with Crippen LogP contribution in [0.25, 0.3) is 0 Å². The van der Waals surface area contributed by atoms with Crippen molar-refractivity contribution in [3.8, 4) is 0 Å². The molecule has 0 aliphatic rings. The van der Waals surface area contributed by atoms with Crippen LogP contribution in [-0.2, 0) is 33.1 Å². The van der Waals surface area contributed by atoms with Crippen molar-refractivity contribution in [1.29, 1.82) is 0 Å². The van der Waals surface area contributed by atoms with Gasteiger partial charge in [-0.1, -0.05) is 20.8 Å². The first-order valence-electron chi connectivity index (χ1n) is 5.36. The summed E-state index contributed by atoms with van der Waals surface area (Å²) in [6, 6.07) is 4.01. The second-order valence-electron chi connectivity index (χ2n) is 5.85. The largest absolute Gasteiger partial charge is 0.384 e. The summed E-state index contributed by atoms with van der Waals surface area (Å²) in [4.78, 5) is 4.19. The van der Waals surface area contributed by atoms with Crippen LogP contribution in [0.15, 0.2) is 18.3 Å². The summed E-state index contributed by atoms with van der Waals surface area (Å²) < 4.78 is 0. The molecular formula is C13H21NOPt. The van der Waals surface area contributed by atoms with Crippen molar-refractivity contribution >= 4 is 0 Å². The molecule has 0 fully saturated rings. The zero-order valence-electron chi connectivity index (χ0n) is 10.6. The zero-order chi connectivity index (χ0) is 11.7. The second-order valence-corrected chi connectivity index (χ2v) is 5.85. The predicted molar refractivity (Wildman–Crippen MR) is 62.6 cm³/mol. The molecule has 1 N–H and O–H groups in total. The summed E-state index contributed by atoms with van der Waals surface area (Å²) in [6.07, 6.45) is 2.77. The first kappa shape index (κ1) is 15.8. The van der Waals surface area contributed by atoms with Gasteiger partial charge < -0.3 is 5.11 Å².